The zero-order chi connectivity index (χ0) is 11.6. The maximum atomic E-state index is 11.5. The van der Waals surface area contributed by atoms with Gasteiger partial charge in [0.1, 0.15) is 6.42 Å². The van der Waals surface area contributed by atoms with E-state index in [4.69, 9.17) is 5.11 Å². The summed E-state index contributed by atoms with van der Waals surface area (Å²) in [4.78, 5) is 23.5. The predicted molar refractivity (Wildman–Crippen MR) is 56.4 cm³/mol. The summed E-state index contributed by atoms with van der Waals surface area (Å²) in [6.07, 6.45) is 0.603. The van der Waals surface area contributed by atoms with Crippen molar-refractivity contribution in [1.82, 2.24) is 4.90 Å². The highest BCUT2D eigenvalue weighted by molar-refractivity contribution is 5.93. The first-order chi connectivity index (χ1) is 6.80. The first kappa shape index (κ1) is 12.0. The SMILES string of the molecule is CC(C)(C)C1CCN(C(=O)CC(=O)O)C1. The van der Waals surface area contributed by atoms with E-state index in [-0.39, 0.29) is 17.7 Å². The third-order valence-electron chi connectivity index (χ3n) is 3.07. The monoisotopic (exact) mass is 213 g/mol. The molecule has 1 unspecified atom stereocenters. The maximum Gasteiger partial charge on any atom is 0.312 e. The lowest BCUT2D eigenvalue weighted by Gasteiger charge is -2.26. The van der Waals surface area contributed by atoms with Gasteiger partial charge in [-0.25, -0.2) is 0 Å². The van der Waals surface area contributed by atoms with Crippen LogP contribution < -0.4 is 0 Å². The summed E-state index contributed by atoms with van der Waals surface area (Å²) in [6, 6.07) is 0. The van der Waals surface area contributed by atoms with Crippen LogP contribution in [0.4, 0.5) is 0 Å². The number of carbonyl (C=O) groups excluding carboxylic acids is 1. The Labute approximate surface area is 90.3 Å². The molecule has 1 aliphatic rings. The van der Waals surface area contributed by atoms with E-state index in [0.29, 0.717) is 19.0 Å². The molecule has 1 fully saturated rings. The zero-order valence-corrected chi connectivity index (χ0v) is 9.62. The van der Waals surface area contributed by atoms with Crippen molar-refractivity contribution in [2.45, 2.75) is 33.6 Å². The van der Waals surface area contributed by atoms with Crippen molar-refractivity contribution >= 4 is 11.9 Å². The van der Waals surface area contributed by atoms with E-state index in [0.717, 1.165) is 6.42 Å². The van der Waals surface area contributed by atoms with E-state index in [1.54, 1.807) is 4.90 Å². The molecule has 1 N–H and O–H groups in total. The Hall–Kier alpha value is -1.06. The van der Waals surface area contributed by atoms with Crippen LogP contribution >= 0.6 is 0 Å². The summed E-state index contributed by atoms with van der Waals surface area (Å²) in [5.41, 5.74) is 0.193. The fraction of sp³-hybridized carbons (Fsp3) is 0.818. The highest BCUT2D eigenvalue weighted by Gasteiger charge is 2.34. The highest BCUT2D eigenvalue weighted by atomic mass is 16.4. The molecule has 1 saturated heterocycles. The van der Waals surface area contributed by atoms with Crippen molar-refractivity contribution in [3.63, 3.8) is 0 Å². The van der Waals surface area contributed by atoms with Gasteiger partial charge in [0.15, 0.2) is 0 Å². The Morgan fingerprint density at radius 2 is 2.00 bits per heavy atom. The molecule has 0 aliphatic carbocycles. The molecule has 4 nitrogen and oxygen atoms in total. The van der Waals surface area contributed by atoms with E-state index in [1.165, 1.54) is 0 Å². The van der Waals surface area contributed by atoms with Crippen LogP contribution in [0.1, 0.15) is 33.6 Å². The first-order valence-electron chi connectivity index (χ1n) is 5.30. The number of likely N-dealkylation sites (tertiary alicyclic amines) is 1. The van der Waals surface area contributed by atoms with Crippen molar-refractivity contribution in [2.24, 2.45) is 11.3 Å². The Morgan fingerprint density at radius 3 is 2.40 bits per heavy atom. The van der Waals surface area contributed by atoms with E-state index in [9.17, 15) is 9.59 Å². The molecule has 0 aromatic carbocycles. The number of rotatable bonds is 2. The summed E-state index contributed by atoms with van der Waals surface area (Å²) in [7, 11) is 0. The molecule has 0 saturated carbocycles. The molecule has 0 aromatic heterocycles. The molecule has 15 heavy (non-hydrogen) atoms. The van der Waals surface area contributed by atoms with Crippen molar-refractivity contribution in [1.29, 1.82) is 0 Å². The molecule has 1 atom stereocenters. The fourth-order valence-electron chi connectivity index (χ4n) is 1.93. The molecule has 1 rings (SSSR count). The van der Waals surface area contributed by atoms with E-state index in [2.05, 4.69) is 20.8 Å². The van der Waals surface area contributed by atoms with Gasteiger partial charge in [-0.3, -0.25) is 9.59 Å². The standard InChI is InChI=1S/C11H19NO3/c1-11(2,3)8-4-5-12(7-8)9(13)6-10(14)15/h8H,4-7H2,1-3H3,(H,14,15). The minimum atomic E-state index is -1.04. The second-order valence-corrected chi connectivity index (χ2v) is 5.26. The molecule has 0 bridgehead atoms. The van der Waals surface area contributed by atoms with Crippen LogP contribution in [0.3, 0.4) is 0 Å². The number of amides is 1. The minimum absolute atomic E-state index is 0.193. The van der Waals surface area contributed by atoms with Crippen LogP contribution in [-0.2, 0) is 9.59 Å². The van der Waals surface area contributed by atoms with E-state index < -0.39 is 5.97 Å². The average Bonchev–Trinajstić information content (AvgIpc) is 2.48. The Kier molecular flexibility index (Phi) is 3.37. The van der Waals surface area contributed by atoms with Crippen LogP contribution in [0.25, 0.3) is 0 Å². The first-order valence-corrected chi connectivity index (χ1v) is 5.30. The summed E-state index contributed by atoms with van der Waals surface area (Å²) in [6.45, 7) is 7.87. The molecular weight excluding hydrogens is 194 g/mol. The van der Waals surface area contributed by atoms with Gasteiger partial charge in [0.25, 0.3) is 0 Å². The number of nitrogens with zero attached hydrogens (tertiary/aromatic N) is 1. The van der Waals surface area contributed by atoms with Crippen LogP contribution in [-0.4, -0.2) is 35.0 Å². The molecule has 1 amide bonds. The topological polar surface area (TPSA) is 57.6 Å². The number of carboxylic acids is 1. The minimum Gasteiger partial charge on any atom is -0.481 e. The third kappa shape index (κ3) is 3.22. The quantitative estimate of drug-likeness (QED) is 0.704. The lowest BCUT2D eigenvalue weighted by Crippen LogP contribution is -2.32. The number of hydrogen-bond acceptors (Lipinski definition) is 2. The van der Waals surface area contributed by atoms with Gasteiger partial charge in [0.05, 0.1) is 0 Å². The summed E-state index contributed by atoms with van der Waals surface area (Å²) < 4.78 is 0. The fourth-order valence-corrected chi connectivity index (χ4v) is 1.93. The Balaban J connectivity index is 2.49. The number of hydrogen-bond donors (Lipinski definition) is 1. The van der Waals surface area contributed by atoms with Gasteiger partial charge in [-0.1, -0.05) is 20.8 Å². The second kappa shape index (κ2) is 4.21. The van der Waals surface area contributed by atoms with Gasteiger partial charge >= 0.3 is 5.97 Å². The molecule has 1 heterocycles. The lowest BCUT2D eigenvalue weighted by molar-refractivity contribution is -0.143. The molecular formula is C11H19NO3. The van der Waals surface area contributed by atoms with E-state index >= 15 is 0 Å². The molecule has 86 valence electrons. The largest absolute Gasteiger partial charge is 0.481 e. The van der Waals surface area contributed by atoms with Crippen molar-refractivity contribution in [3.8, 4) is 0 Å². The lowest BCUT2D eigenvalue weighted by atomic mass is 9.80. The highest BCUT2D eigenvalue weighted by Crippen LogP contribution is 2.33. The summed E-state index contributed by atoms with van der Waals surface area (Å²) in [5.74, 6) is -0.816. The van der Waals surface area contributed by atoms with Gasteiger partial charge in [-0.2, -0.15) is 0 Å². The number of aliphatic carboxylic acids is 1. The van der Waals surface area contributed by atoms with Gasteiger partial charge in [-0.05, 0) is 17.8 Å². The third-order valence-corrected chi connectivity index (χ3v) is 3.07. The zero-order valence-electron chi connectivity index (χ0n) is 9.62. The van der Waals surface area contributed by atoms with Crippen LogP contribution in [0.15, 0.2) is 0 Å². The van der Waals surface area contributed by atoms with Gasteiger partial charge in [0, 0.05) is 13.1 Å². The van der Waals surface area contributed by atoms with E-state index in [1.807, 2.05) is 0 Å². The smallest absolute Gasteiger partial charge is 0.312 e. The molecule has 0 radical (unpaired) electrons. The van der Waals surface area contributed by atoms with Crippen molar-refractivity contribution in [3.05, 3.63) is 0 Å². The Bertz CT molecular complexity index is 267. The summed E-state index contributed by atoms with van der Waals surface area (Å²) in [5, 5.41) is 8.52. The maximum absolute atomic E-state index is 11.5. The average molecular weight is 213 g/mol. The Morgan fingerprint density at radius 1 is 1.40 bits per heavy atom. The molecule has 0 spiro atoms. The molecule has 4 heteroatoms. The molecule has 0 aromatic rings. The van der Waals surface area contributed by atoms with Crippen LogP contribution in [0.2, 0.25) is 0 Å². The van der Waals surface area contributed by atoms with Gasteiger partial charge in [0.2, 0.25) is 5.91 Å². The number of carboxylic acid groups (broad SMARTS) is 1. The number of carbonyl (C=O) groups is 2. The second-order valence-electron chi connectivity index (χ2n) is 5.26. The van der Waals surface area contributed by atoms with Gasteiger partial charge in [-0.15, -0.1) is 0 Å². The van der Waals surface area contributed by atoms with Crippen molar-refractivity contribution in [2.75, 3.05) is 13.1 Å². The predicted octanol–water partition coefficient (Wildman–Crippen LogP) is 1.36. The normalized spacial score (nSPS) is 21.8. The van der Waals surface area contributed by atoms with Crippen LogP contribution in [0.5, 0.6) is 0 Å². The molecule has 1 aliphatic heterocycles. The van der Waals surface area contributed by atoms with Crippen molar-refractivity contribution < 1.29 is 14.7 Å². The van der Waals surface area contributed by atoms with Gasteiger partial charge < -0.3 is 10.0 Å². The summed E-state index contributed by atoms with van der Waals surface area (Å²) >= 11 is 0. The van der Waals surface area contributed by atoms with Crippen LogP contribution in [0, 0.1) is 11.3 Å².